The van der Waals surface area contributed by atoms with Gasteiger partial charge >= 0.3 is 5.97 Å². The number of benzene rings is 5. The number of rotatable bonds is 34. The third kappa shape index (κ3) is 19.4. The lowest BCUT2D eigenvalue weighted by Gasteiger charge is -2.52. The van der Waals surface area contributed by atoms with Gasteiger partial charge in [-0.25, -0.2) is 4.79 Å². The van der Waals surface area contributed by atoms with E-state index in [1.807, 2.05) is 152 Å². The van der Waals surface area contributed by atoms with Gasteiger partial charge in [0.2, 0.25) is 5.91 Å². The summed E-state index contributed by atoms with van der Waals surface area (Å²) < 4.78 is 80.1. The molecule has 3 heterocycles. The van der Waals surface area contributed by atoms with Crippen LogP contribution in [0.2, 0.25) is 0 Å². The number of amides is 1. The molecular weight excluding hydrogens is 1120 g/mol. The molecule has 6 N–H and O–H groups in total. The second kappa shape index (κ2) is 35.0. The molecule has 0 aliphatic carbocycles. The number of hydrogen-bond acceptors (Lipinski definition) is 19. The molecule has 20 heteroatoms. The van der Waals surface area contributed by atoms with Crippen LogP contribution in [0, 0.1) is 0 Å². The third-order valence-corrected chi connectivity index (χ3v) is 15.6. The maximum absolute atomic E-state index is 14.4. The van der Waals surface area contributed by atoms with Gasteiger partial charge in [0.25, 0.3) is 5.79 Å². The maximum atomic E-state index is 14.4. The Morgan fingerprint density at radius 3 is 1.54 bits per heavy atom. The van der Waals surface area contributed by atoms with Crippen LogP contribution in [0.15, 0.2) is 152 Å². The van der Waals surface area contributed by atoms with Gasteiger partial charge in [0, 0.05) is 20.0 Å². The van der Waals surface area contributed by atoms with Crippen LogP contribution in [-0.4, -0.2) is 169 Å². The molecule has 0 radical (unpaired) electrons. The molecule has 8 rings (SSSR count). The molecule has 16 atom stereocenters. The smallest absolute Gasteiger partial charge is 0.366 e. The molecule has 3 aliphatic rings. The number of methoxy groups -OCH3 is 1. The highest BCUT2D eigenvalue weighted by Crippen LogP contribution is 2.41. The van der Waals surface area contributed by atoms with Crippen LogP contribution in [0.4, 0.5) is 0 Å². The number of hydrogen-bond donors (Lipinski definition) is 6. The van der Waals surface area contributed by atoms with Gasteiger partial charge in [0.15, 0.2) is 12.6 Å². The Labute approximate surface area is 509 Å². The molecule has 5 aromatic rings. The molecule has 87 heavy (non-hydrogen) atoms. The van der Waals surface area contributed by atoms with Crippen molar-refractivity contribution in [3.05, 3.63) is 179 Å². The van der Waals surface area contributed by atoms with Gasteiger partial charge in [-0.15, -0.1) is 0 Å². The summed E-state index contributed by atoms with van der Waals surface area (Å²) in [5.74, 6) is -4.57. The van der Waals surface area contributed by atoms with Gasteiger partial charge in [-0.1, -0.05) is 191 Å². The van der Waals surface area contributed by atoms with E-state index in [1.54, 1.807) is 0 Å². The molecule has 1 amide bonds. The third-order valence-electron chi connectivity index (χ3n) is 15.6. The van der Waals surface area contributed by atoms with Crippen molar-refractivity contribution in [3.8, 4) is 0 Å². The summed E-state index contributed by atoms with van der Waals surface area (Å²) in [7, 11) is 1.05. The summed E-state index contributed by atoms with van der Waals surface area (Å²) in [5, 5.41) is 59.8. The SMILES string of the molecule is CCCCCCCCO[C@@H]1O[C@H](COCc2ccccc2)[C@@H](O[C@@H]2O[C@H](COCc3ccccc3)[C@H](O[C@@]3(C(=O)OC)C[C@H](O)[C@@H](NC(C)=O)[C@H]([C@H](O)[C@H](O)CO)O3)[C@H](O)[C@H]2OCc2ccccc2)[C@H](OCc2ccccc2)[C@H]1OCc1ccccc1. The van der Waals surface area contributed by atoms with Crippen molar-refractivity contribution >= 4 is 11.9 Å². The first-order chi connectivity index (χ1) is 42.4. The first-order valence-corrected chi connectivity index (χ1v) is 30.2. The van der Waals surface area contributed by atoms with E-state index in [2.05, 4.69) is 12.2 Å². The van der Waals surface area contributed by atoms with Crippen LogP contribution in [0.3, 0.4) is 0 Å². The number of esters is 1. The first-order valence-electron chi connectivity index (χ1n) is 30.2. The highest BCUT2D eigenvalue weighted by atomic mass is 16.8. The molecule has 0 spiro atoms. The number of carbonyl (C=O) groups is 2. The second-order valence-electron chi connectivity index (χ2n) is 22.2. The van der Waals surface area contributed by atoms with Crippen LogP contribution in [-0.2, 0) is 99.5 Å². The van der Waals surface area contributed by atoms with E-state index in [0.29, 0.717) is 12.2 Å². The van der Waals surface area contributed by atoms with E-state index in [1.165, 1.54) is 6.92 Å². The average molecular weight is 1210 g/mol. The Balaban J connectivity index is 1.21. The topological polar surface area (TPSA) is 258 Å². The number of carbonyl (C=O) groups excluding carboxylic acids is 2. The Morgan fingerprint density at radius 2 is 1.05 bits per heavy atom. The highest BCUT2D eigenvalue weighted by Gasteiger charge is 2.61. The summed E-state index contributed by atoms with van der Waals surface area (Å²) in [6.45, 7) is 2.76. The molecule has 3 fully saturated rings. The normalized spacial score (nSPS) is 28.1. The zero-order valence-electron chi connectivity index (χ0n) is 49.9. The number of aliphatic hydroxyl groups excluding tert-OH is 5. The fourth-order valence-corrected chi connectivity index (χ4v) is 11.0. The Morgan fingerprint density at radius 1 is 0.586 bits per heavy atom. The van der Waals surface area contributed by atoms with Crippen molar-refractivity contribution in [2.24, 2.45) is 0 Å². The molecule has 0 aromatic heterocycles. The number of aliphatic hydroxyl groups is 5. The summed E-state index contributed by atoms with van der Waals surface area (Å²) in [5.41, 5.74) is 4.15. The molecule has 0 saturated carbocycles. The van der Waals surface area contributed by atoms with Crippen molar-refractivity contribution < 1.29 is 92.0 Å². The summed E-state index contributed by atoms with van der Waals surface area (Å²) in [6, 6.07) is 46.1. The molecule has 3 aliphatic heterocycles. The van der Waals surface area contributed by atoms with Crippen LogP contribution in [0.25, 0.3) is 0 Å². The van der Waals surface area contributed by atoms with E-state index >= 15 is 0 Å². The predicted molar refractivity (Wildman–Crippen MR) is 317 cm³/mol. The Hall–Kier alpha value is -5.60. The average Bonchev–Trinajstić information content (AvgIpc) is 0.965. The van der Waals surface area contributed by atoms with Gasteiger partial charge < -0.3 is 87.7 Å². The standard InChI is InChI=1S/C67H87NO19/c1-4-5-6-7-8-24-35-79-64-63(82-42-50-33-22-13-23-34-50)62(81-41-49-31-20-12-21-32-49)59(54(83-64)44-78-39-47-27-16-10-17-28-47)85-65-61(80-40-48-29-18-11-19-30-48)57(74)58(53(84-65)43-77-38-46-25-14-9-15-26-46)86-67(66(75)76-3)36-51(71)55(68-45(2)70)60(87-67)56(73)52(72)37-69/h9-23,25-34,51-65,69,71-74H,4-8,24,35-44H2,1-3H3,(H,68,70)/t51-,52+,53+,54+,55+,56+,57-,58-,59+,60+,61+,62-,63+,64+,65-,67-/m0/s1. The van der Waals surface area contributed by atoms with Gasteiger partial charge in [-0.05, 0) is 34.2 Å². The van der Waals surface area contributed by atoms with Gasteiger partial charge in [-0.3, -0.25) is 4.79 Å². The van der Waals surface area contributed by atoms with Crippen LogP contribution in [0.5, 0.6) is 0 Å². The van der Waals surface area contributed by atoms with Crippen molar-refractivity contribution in [3.63, 3.8) is 0 Å². The van der Waals surface area contributed by atoms with Crippen molar-refractivity contribution in [1.82, 2.24) is 5.32 Å². The van der Waals surface area contributed by atoms with Crippen LogP contribution in [0.1, 0.15) is 86.6 Å². The van der Waals surface area contributed by atoms with Gasteiger partial charge in [0.1, 0.15) is 67.1 Å². The molecule has 474 valence electrons. The minimum atomic E-state index is -2.70. The van der Waals surface area contributed by atoms with Crippen molar-refractivity contribution in [1.29, 1.82) is 0 Å². The highest BCUT2D eigenvalue weighted by molar-refractivity contribution is 5.78. The Kier molecular flexibility index (Phi) is 27.1. The lowest BCUT2D eigenvalue weighted by atomic mass is 9.88. The fraction of sp³-hybridized carbons (Fsp3) is 0.522. The number of nitrogens with one attached hydrogen (secondary N) is 1. The summed E-state index contributed by atoms with van der Waals surface area (Å²) in [4.78, 5) is 26.9. The molecular formula is C67H87NO19. The lowest BCUT2D eigenvalue weighted by Crippen LogP contribution is -2.71. The van der Waals surface area contributed by atoms with Crippen LogP contribution < -0.4 is 5.32 Å². The van der Waals surface area contributed by atoms with Crippen molar-refractivity contribution in [2.45, 2.75) is 189 Å². The van der Waals surface area contributed by atoms with E-state index in [9.17, 15) is 35.1 Å². The fourth-order valence-electron chi connectivity index (χ4n) is 11.0. The zero-order valence-corrected chi connectivity index (χ0v) is 49.9. The zero-order chi connectivity index (χ0) is 61.4. The van der Waals surface area contributed by atoms with Crippen LogP contribution >= 0.6 is 0 Å². The molecule has 0 bridgehead atoms. The lowest BCUT2D eigenvalue weighted by molar-refractivity contribution is -0.393. The molecule has 0 unspecified atom stereocenters. The quantitative estimate of drug-likeness (QED) is 0.0193. The summed E-state index contributed by atoms with van der Waals surface area (Å²) in [6.07, 6.45) is -15.0. The summed E-state index contributed by atoms with van der Waals surface area (Å²) >= 11 is 0. The second-order valence-corrected chi connectivity index (χ2v) is 22.2. The number of ether oxygens (including phenoxy) is 12. The van der Waals surface area contributed by atoms with E-state index in [0.717, 1.165) is 67.9 Å². The van der Waals surface area contributed by atoms with E-state index < -0.39 is 123 Å². The minimum absolute atomic E-state index is 0.0496. The number of unbranched alkanes of at least 4 members (excludes halogenated alkanes) is 5. The van der Waals surface area contributed by atoms with E-state index in [4.69, 9.17) is 56.8 Å². The maximum Gasteiger partial charge on any atom is 0.366 e. The van der Waals surface area contributed by atoms with E-state index in [-0.39, 0.29) is 46.2 Å². The van der Waals surface area contributed by atoms with Crippen molar-refractivity contribution in [2.75, 3.05) is 33.5 Å². The molecule has 3 saturated heterocycles. The first kappa shape index (κ1) is 67.3. The Bertz CT molecular complexity index is 2720. The monoisotopic (exact) mass is 1210 g/mol. The predicted octanol–water partition coefficient (Wildman–Crippen LogP) is 6.37. The largest absolute Gasteiger partial charge is 0.465 e. The minimum Gasteiger partial charge on any atom is -0.465 e. The van der Waals surface area contributed by atoms with Gasteiger partial charge in [-0.2, -0.15) is 0 Å². The molecule has 5 aromatic carbocycles. The van der Waals surface area contributed by atoms with Gasteiger partial charge in [0.05, 0.1) is 72.1 Å². The molecule has 20 nitrogen and oxygen atoms in total.